The first kappa shape index (κ1) is 17.2. The number of carbonyl (C=O) groups is 1. The van der Waals surface area contributed by atoms with Gasteiger partial charge in [-0.1, -0.05) is 6.07 Å². The smallest absolute Gasteiger partial charge is 0.240 e. The maximum Gasteiger partial charge on any atom is 0.240 e. The molecule has 0 aromatic carbocycles. The van der Waals surface area contributed by atoms with E-state index in [2.05, 4.69) is 28.6 Å². The second-order valence-electron chi connectivity index (χ2n) is 6.91. The number of nitrogens with zero attached hydrogens (tertiary/aromatic N) is 4. The van der Waals surface area contributed by atoms with Crippen LogP contribution in [-0.4, -0.2) is 77.5 Å². The van der Waals surface area contributed by atoms with Crippen molar-refractivity contribution in [2.45, 2.75) is 38.9 Å². The van der Waals surface area contributed by atoms with Gasteiger partial charge in [-0.25, -0.2) is 4.98 Å². The van der Waals surface area contributed by atoms with Gasteiger partial charge in [0.25, 0.3) is 0 Å². The van der Waals surface area contributed by atoms with E-state index in [0.717, 1.165) is 51.4 Å². The fourth-order valence-corrected chi connectivity index (χ4v) is 3.66. The zero-order chi connectivity index (χ0) is 17.1. The summed E-state index contributed by atoms with van der Waals surface area (Å²) in [6.07, 6.45) is 0.967. The molecule has 24 heavy (non-hydrogen) atoms. The van der Waals surface area contributed by atoms with E-state index in [4.69, 9.17) is 4.74 Å². The van der Waals surface area contributed by atoms with Crippen molar-refractivity contribution in [3.8, 4) is 5.88 Å². The van der Waals surface area contributed by atoms with Crippen molar-refractivity contribution in [2.24, 2.45) is 0 Å². The van der Waals surface area contributed by atoms with Crippen LogP contribution in [0.3, 0.4) is 0 Å². The van der Waals surface area contributed by atoms with Crippen LogP contribution in [0, 0.1) is 0 Å². The number of aromatic nitrogens is 1. The molecule has 1 unspecified atom stereocenters. The van der Waals surface area contributed by atoms with Gasteiger partial charge < -0.3 is 9.64 Å². The fourth-order valence-electron chi connectivity index (χ4n) is 3.66. The Hall–Kier alpha value is -1.66. The molecule has 2 fully saturated rings. The van der Waals surface area contributed by atoms with Gasteiger partial charge in [0.15, 0.2) is 0 Å². The number of pyridine rings is 1. The van der Waals surface area contributed by atoms with Crippen molar-refractivity contribution >= 4 is 5.91 Å². The fraction of sp³-hybridized carbons (Fsp3) is 0.667. The van der Waals surface area contributed by atoms with Crippen molar-refractivity contribution in [3.05, 3.63) is 23.9 Å². The summed E-state index contributed by atoms with van der Waals surface area (Å²) in [5, 5.41) is 0. The summed E-state index contributed by atoms with van der Waals surface area (Å²) in [4.78, 5) is 23.8. The molecule has 3 rings (SSSR count). The standard InChI is InChI=1S/C18H28N4O2/c1-14(2)22-8-7-16(18(22)23)21-11-9-20(10-12-21)13-15-5-4-6-17(19-15)24-3/h4-6,14,16H,7-13H2,1-3H3. The minimum Gasteiger partial charge on any atom is -0.481 e. The van der Waals surface area contributed by atoms with Crippen molar-refractivity contribution in [1.29, 1.82) is 0 Å². The third kappa shape index (κ3) is 3.70. The van der Waals surface area contributed by atoms with Gasteiger partial charge in [-0.05, 0) is 26.3 Å². The van der Waals surface area contributed by atoms with Gasteiger partial charge in [0, 0.05) is 51.4 Å². The summed E-state index contributed by atoms with van der Waals surface area (Å²) >= 11 is 0. The Labute approximate surface area is 144 Å². The Morgan fingerprint density at radius 1 is 1.21 bits per heavy atom. The lowest BCUT2D eigenvalue weighted by Crippen LogP contribution is -2.52. The number of amides is 1. The molecule has 0 aliphatic carbocycles. The van der Waals surface area contributed by atoms with E-state index in [-0.39, 0.29) is 6.04 Å². The van der Waals surface area contributed by atoms with Gasteiger partial charge in [0.05, 0.1) is 18.8 Å². The van der Waals surface area contributed by atoms with Gasteiger partial charge in [0.1, 0.15) is 0 Å². The summed E-state index contributed by atoms with van der Waals surface area (Å²) in [7, 11) is 1.64. The van der Waals surface area contributed by atoms with Crippen LogP contribution in [-0.2, 0) is 11.3 Å². The van der Waals surface area contributed by atoms with E-state index < -0.39 is 0 Å². The minimum atomic E-state index is 0.0875. The van der Waals surface area contributed by atoms with E-state index in [1.54, 1.807) is 7.11 Å². The zero-order valence-corrected chi connectivity index (χ0v) is 14.9. The number of hydrogen-bond donors (Lipinski definition) is 0. The lowest BCUT2D eigenvalue weighted by Gasteiger charge is -2.37. The van der Waals surface area contributed by atoms with Crippen LogP contribution in [0.15, 0.2) is 18.2 Å². The Bertz CT molecular complexity index is 570. The van der Waals surface area contributed by atoms with E-state index in [1.165, 1.54) is 0 Å². The molecular formula is C18H28N4O2. The second-order valence-corrected chi connectivity index (χ2v) is 6.91. The Morgan fingerprint density at radius 3 is 2.58 bits per heavy atom. The maximum absolute atomic E-state index is 12.5. The summed E-state index contributed by atoms with van der Waals surface area (Å²) in [5.74, 6) is 0.976. The van der Waals surface area contributed by atoms with Crippen LogP contribution in [0.5, 0.6) is 5.88 Å². The van der Waals surface area contributed by atoms with Gasteiger partial charge >= 0.3 is 0 Å². The van der Waals surface area contributed by atoms with Crippen LogP contribution in [0.25, 0.3) is 0 Å². The lowest BCUT2D eigenvalue weighted by atomic mass is 10.1. The third-order valence-electron chi connectivity index (χ3n) is 5.06. The molecule has 1 aromatic rings. The molecule has 1 amide bonds. The normalized spacial score (nSPS) is 23.2. The van der Waals surface area contributed by atoms with Crippen LogP contribution >= 0.6 is 0 Å². The predicted molar refractivity (Wildman–Crippen MR) is 92.9 cm³/mol. The number of likely N-dealkylation sites (tertiary alicyclic amines) is 1. The zero-order valence-electron chi connectivity index (χ0n) is 14.9. The lowest BCUT2D eigenvalue weighted by molar-refractivity contribution is -0.134. The van der Waals surface area contributed by atoms with Gasteiger partial charge in [-0.15, -0.1) is 0 Å². The molecule has 6 heteroatoms. The molecule has 0 N–H and O–H groups in total. The first-order valence-corrected chi connectivity index (χ1v) is 8.85. The number of carbonyl (C=O) groups excluding carboxylic acids is 1. The van der Waals surface area contributed by atoms with E-state index in [0.29, 0.717) is 17.8 Å². The maximum atomic E-state index is 12.5. The van der Waals surface area contributed by atoms with Crippen molar-refractivity contribution in [3.63, 3.8) is 0 Å². The highest BCUT2D eigenvalue weighted by Gasteiger charge is 2.37. The highest BCUT2D eigenvalue weighted by atomic mass is 16.5. The summed E-state index contributed by atoms with van der Waals surface area (Å²) in [6.45, 7) is 9.78. The number of piperazine rings is 1. The number of hydrogen-bond acceptors (Lipinski definition) is 5. The molecule has 0 bridgehead atoms. The summed E-state index contributed by atoms with van der Waals surface area (Å²) in [5.41, 5.74) is 1.03. The van der Waals surface area contributed by atoms with Crippen LogP contribution < -0.4 is 4.74 Å². The van der Waals surface area contributed by atoms with Crippen molar-refractivity contribution < 1.29 is 9.53 Å². The minimum absolute atomic E-state index is 0.0875. The molecule has 0 spiro atoms. The summed E-state index contributed by atoms with van der Waals surface area (Å²) < 4.78 is 5.19. The van der Waals surface area contributed by atoms with Crippen molar-refractivity contribution in [1.82, 2.24) is 19.7 Å². The quantitative estimate of drug-likeness (QED) is 0.811. The predicted octanol–water partition coefficient (Wildman–Crippen LogP) is 1.22. The molecule has 0 radical (unpaired) electrons. The second kappa shape index (κ2) is 7.49. The monoisotopic (exact) mass is 332 g/mol. The largest absolute Gasteiger partial charge is 0.481 e. The molecule has 0 saturated carbocycles. The number of ether oxygens (including phenoxy) is 1. The van der Waals surface area contributed by atoms with Crippen LogP contribution in [0.4, 0.5) is 0 Å². The van der Waals surface area contributed by atoms with Crippen LogP contribution in [0.2, 0.25) is 0 Å². The van der Waals surface area contributed by atoms with Crippen molar-refractivity contribution in [2.75, 3.05) is 39.8 Å². The number of rotatable bonds is 5. The molecule has 2 aliphatic heterocycles. The molecule has 1 aromatic heterocycles. The molecule has 2 aliphatic rings. The number of methoxy groups -OCH3 is 1. The topological polar surface area (TPSA) is 48.9 Å². The highest BCUT2D eigenvalue weighted by Crippen LogP contribution is 2.21. The molecule has 132 valence electrons. The first-order chi connectivity index (χ1) is 11.6. The van der Waals surface area contributed by atoms with Gasteiger partial charge in [-0.2, -0.15) is 0 Å². The molecule has 3 heterocycles. The molecule has 2 saturated heterocycles. The van der Waals surface area contributed by atoms with E-state index in [9.17, 15) is 4.79 Å². The Balaban J connectivity index is 1.52. The van der Waals surface area contributed by atoms with E-state index in [1.807, 2.05) is 23.1 Å². The SMILES string of the molecule is COc1cccc(CN2CCN(C3CCN(C(C)C)C3=O)CC2)n1. The summed E-state index contributed by atoms with van der Waals surface area (Å²) in [6, 6.07) is 6.28. The molecule has 6 nitrogen and oxygen atoms in total. The highest BCUT2D eigenvalue weighted by molar-refractivity contribution is 5.84. The first-order valence-electron chi connectivity index (χ1n) is 8.85. The Kier molecular flexibility index (Phi) is 5.36. The molecular weight excluding hydrogens is 304 g/mol. The van der Waals surface area contributed by atoms with Gasteiger partial charge in [-0.3, -0.25) is 14.6 Å². The third-order valence-corrected chi connectivity index (χ3v) is 5.06. The Morgan fingerprint density at radius 2 is 1.96 bits per heavy atom. The average Bonchev–Trinajstić information content (AvgIpc) is 2.97. The van der Waals surface area contributed by atoms with Gasteiger partial charge in [0.2, 0.25) is 11.8 Å². The average molecular weight is 332 g/mol. The molecule has 1 atom stereocenters. The van der Waals surface area contributed by atoms with Crippen LogP contribution in [0.1, 0.15) is 26.0 Å². The van der Waals surface area contributed by atoms with E-state index >= 15 is 0 Å².